The third-order valence-corrected chi connectivity index (χ3v) is 1.87. The summed E-state index contributed by atoms with van der Waals surface area (Å²) in [4.78, 5) is 15.1. The summed E-state index contributed by atoms with van der Waals surface area (Å²) in [5.74, 6) is 0. The van der Waals surface area contributed by atoms with Crippen LogP contribution in [-0.4, -0.2) is 35.0 Å². The summed E-state index contributed by atoms with van der Waals surface area (Å²) in [6.45, 7) is 1.17. The van der Waals surface area contributed by atoms with Gasteiger partial charge in [-0.05, 0) is 0 Å². The van der Waals surface area contributed by atoms with Crippen molar-refractivity contribution in [2.24, 2.45) is 0 Å². The first kappa shape index (κ1) is 8.25. The number of rotatable bonds is 1. The number of imidazole rings is 1. The van der Waals surface area contributed by atoms with Crippen molar-refractivity contribution < 1.29 is 14.3 Å². The molecule has 0 saturated carbocycles. The van der Waals surface area contributed by atoms with Crippen molar-refractivity contribution in [1.82, 2.24) is 9.55 Å². The van der Waals surface area contributed by atoms with Crippen molar-refractivity contribution >= 4 is 6.09 Å². The molecule has 2 rings (SSSR count). The van der Waals surface area contributed by atoms with Gasteiger partial charge in [0.25, 0.3) is 0 Å². The number of hydrogen-bond donors (Lipinski definition) is 0. The molecule has 0 N–H and O–H groups in total. The van der Waals surface area contributed by atoms with Gasteiger partial charge < -0.3 is 9.47 Å². The summed E-state index contributed by atoms with van der Waals surface area (Å²) in [6, 6.07) is 0. The number of ether oxygens (including phenoxy) is 2. The maximum Gasteiger partial charge on any atom is 0.419 e. The highest BCUT2D eigenvalue weighted by Gasteiger charge is 2.20. The van der Waals surface area contributed by atoms with Gasteiger partial charge in [0.05, 0.1) is 13.2 Å². The van der Waals surface area contributed by atoms with Crippen molar-refractivity contribution in [3.05, 3.63) is 18.7 Å². The highest BCUT2D eigenvalue weighted by Crippen LogP contribution is 2.08. The van der Waals surface area contributed by atoms with E-state index < -0.39 is 6.09 Å². The maximum atomic E-state index is 11.3. The number of hydrogen-bond acceptors (Lipinski definition) is 4. The lowest BCUT2D eigenvalue weighted by Crippen LogP contribution is -2.21. The van der Waals surface area contributed by atoms with Gasteiger partial charge in [0.1, 0.15) is 12.4 Å². The lowest BCUT2D eigenvalue weighted by atomic mass is 10.3. The van der Waals surface area contributed by atoms with E-state index >= 15 is 0 Å². The van der Waals surface area contributed by atoms with Gasteiger partial charge in [0, 0.05) is 18.8 Å². The van der Waals surface area contributed by atoms with Crippen LogP contribution in [0.1, 0.15) is 6.42 Å². The van der Waals surface area contributed by atoms with Crippen LogP contribution in [0, 0.1) is 0 Å². The molecule has 1 fully saturated rings. The Hall–Kier alpha value is -1.36. The van der Waals surface area contributed by atoms with Gasteiger partial charge in [-0.1, -0.05) is 0 Å². The topological polar surface area (TPSA) is 53.4 Å². The summed E-state index contributed by atoms with van der Waals surface area (Å²) < 4.78 is 11.5. The molecule has 1 saturated heterocycles. The molecular formula is C8H10N2O3. The normalized spacial score (nSPS) is 21.7. The van der Waals surface area contributed by atoms with Crippen LogP contribution in [0.4, 0.5) is 4.79 Å². The molecule has 0 radical (unpaired) electrons. The van der Waals surface area contributed by atoms with Crippen molar-refractivity contribution in [3.63, 3.8) is 0 Å². The minimum absolute atomic E-state index is 0.102. The van der Waals surface area contributed by atoms with E-state index in [1.807, 2.05) is 0 Å². The van der Waals surface area contributed by atoms with Crippen molar-refractivity contribution in [2.45, 2.75) is 12.5 Å². The fourth-order valence-electron chi connectivity index (χ4n) is 1.18. The second-order valence-electron chi connectivity index (χ2n) is 2.84. The van der Waals surface area contributed by atoms with Gasteiger partial charge in [-0.2, -0.15) is 0 Å². The first-order chi connectivity index (χ1) is 6.36. The number of carbonyl (C=O) groups excluding carboxylic acids is 1. The van der Waals surface area contributed by atoms with Crippen LogP contribution in [-0.2, 0) is 9.47 Å². The van der Waals surface area contributed by atoms with Gasteiger partial charge in [0.15, 0.2) is 0 Å². The van der Waals surface area contributed by atoms with Crippen LogP contribution in [0.2, 0.25) is 0 Å². The molecule has 70 valence electrons. The van der Waals surface area contributed by atoms with Crippen LogP contribution < -0.4 is 0 Å². The average Bonchev–Trinajstić information content (AvgIpc) is 2.74. The van der Waals surface area contributed by atoms with Crippen LogP contribution in [0.15, 0.2) is 18.7 Å². The summed E-state index contributed by atoms with van der Waals surface area (Å²) >= 11 is 0. The molecule has 5 heteroatoms. The molecular weight excluding hydrogens is 172 g/mol. The summed E-state index contributed by atoms with van der Waals surface area (Å²) in [6.07, 6.45) is 4.78. The Morgan fingerprint density at radius 3 is 3.23 bits per heavy atom. The van der Waals surface area contributed by atoms with Crippen LogP contribution in [0.3, 0.4) is 0 Å². The van der Waals surface area contributed by atoms with Gasteiger partial charge >= 0.3 is 6.09 Å². The molecule has 2 heterocycles. The Bertz CT molecular complexity index is 278. The highest BCUT2D eigenvalue weighted by molar-refractivity contribution is 5.70. The van der Waals surface area contributed by atoms with E-state index in [-0.39, 0.29) is 6.10 Å². The molecule has 0 aliphatic carbocycles. The lowest BCUT2D eigenvalue weighted by molar-refractivity contribution is 0.0841. The van der Waals surface area contributed by atoms with Crippen LogP contribution in [0.5, 0.6) is 0 Å². The quantitative estimate of drug-likeness (QED) is 0.640. The Balaban J connectivity index is 1.91. The SMILES string of the molecule is O=C(O[C@H]1CCOC1)n1ccnc1. The highest BCUT2D eigenvalue weighted by atomic mass is 16.6. The van der Waals surface area contributed by atoms with E-state index in [0.717, 1.165) is 6.42 Å². The first-order valence-electron chi connectivity index (χ1n) is 4.13. The molecule has 0 amide bonds. The first-order valence-corrected chi connectivity index (χ1v) is 4.13. The largest absolute Gasteiger partial charge is 0.443 e. The average molecular weight is 182 g/mol. The van der Waals surface area contributed by atoms with Crippen LogP contribution >= 0.6 is 0 Å². The fraction of sp³-hybridized carbons (Fsp3) is 0.500. The number of carbonyl (C=O) groups is 1. The van der Waals surface area contributed by atoms with Gasteiger partial charge in [-0.15, -0.1) is 0 Å². The predicted octanol–water partition coefficient (Wildman–Crippen LogP) is 0.657. The Kier molecular flexibility index (Phi) is 2.27. The Morgan fingerprint density at radius 2 is 2.62 bits per heavy atom. The number of aromatic nitrogens is 2. The van der Waals surface area contributed by atoms with E-state index in [9.17, 15) is 4.79 Å². The summed E-state index contributed by atoms with van der Waals surface area (Å²) in [5.41, 5.74) is 0. The van der Waals surface area contributed by atoms with E-state index in [4.69, 9.17) is 9.47 Å². The minimum atomic E-state index is -0.395. The molecule has 0 aromatic carbocycles. The molecule has 1 aromatic rings. The van der Waals surface area contributed by atoms with Crippen molar-refractivity contribution in [2.75, 3.05) is 13.2 Å². The second-order valence-corrected chi connectivity index (χ2v) is 2.84. The zero-order valence-corrected chi connectivity index (χ0v) is 7.05. The van der Waals surface area contributed by atoms with Crippen LogP contribution in [0.25, 0.3) is 0 Å². The molecule has 5 nitrogen and oxygen atoms in total. The second kappa shape index (κ2) is 3.57. The Morgan fingerprint density at radius 1 is 1.69 bits per heavy atom. The molecule has 1 aromatic heterocycles. The molecule has 0 unspecified atom stereocenters. The van der Waals surface area contributed by atoms with Crippen molar-refractivity contribution in [3.8, 4) is 0 Å². The van der Waals surface area contributed by atoms with Gasteiger partial charge in [0.2, 0.25) is 0 Å². The third-order valence-electron chi connectivity index (χ3n) is 1.87. The molecule has 0 bridgehead atoms. The standard InChI is InChI=1S/C8H10N2O3/c11-8(10-3-2-9-6-10)13-7-1-4-12-5-7/h2-3,6-7H,1,4-5H2/t7-/m0/s1. The van der Waals surface area contributed by atoms with E-state index in [0.29, 0.717) is 13.2 Å². The lowest BCUT2D eigenvalue weighted by Gasteiger charge is -2.09. The van der Waals surface area contributed by atoms with Gasteiger partial charge in [-0.25, -0.2) is 14.3 Å². The zero-order valence-electron chi connectivity index (χ0n) is 7.05. The number of nitrogens with zero attached hydrogens (tertiary/aromatic N) is 2. The summed E-state index contributed by atoms with van der Waals surface area (Å²) in [7, 11) is 0. The maximum absolute atomic E-state index is 11.3. The monoisotopic (exact) mass is 182 g/mol. The van der Waals surface area contributed by atoms with E-state index in [1.165, 1.54) is 17.1 Å². The van der Waals surface area contributed by atoms with E-state index in [1.54, 1.807) is 6.20 Å². The molecule has 0 spiro atoms. The van der Waals surface area contributed by atoms with Crippen molar-refractivity contribution in [1.29, 1.82) is 0 Å². The third kappa shape index (κ3) is 1.86. The molecule has 13 heavy (non-hydrogen) atoms. The van der Waals surface area contributed by atoms with Gasteiger partial charge in [-0.3, -0.25) is 0 Å². The zero-order chi connectivity index (χ0) is 9.10. The molecule has 1 aliphatic rings. The fourth-order valence-corrected chi connectivity index (χ4v) is 1.18. The smallest absolute Gasteiger partial charge is 0.419 e. The van der Waals surface area contributed by atoms with E-state index in [2.05, 4.69) is 4.98 Å². The predicted molar refractivity (Wildman–Crippen MR) is 43.3 cm³/mol. The molecule has 1 aliphatic heterocycles. The molecule has 1 atom stereocenters. The Labute approximate surface area is 75.3 Å². The minimum Gasteiger partial charge on any atom is -0.443 e. The summed E-state index contributed by atoms with van der Waals surface area (Å²) in [5, 5.41) is 0.